The topological polar surface area (TPSA) is 20.2 Å². The number of hydrogen-bond acceptors (Lipinski definition) is 1. The molecule has 0 bridgehead atoms. The fourth-order valence-corrected chi connectivity index (χ4v) is 2.02. The zero-order valence-corrected chi connectivity index (χ0v) is 11.2. The Morgan fingerprint density at radius 3 is 1.85 bits per heavy atom. The van der Waals surface area contributed by atoms with Crippen molar-refractivity contribution in [1.29, 1.82) is 0 Å². The van der Waals surface area contributed by atoms with Gasteiger partial charge in [-0.3, -0.25) is 0 Å². The Morgan fingerprint density at radius 1 is 0.850 bits per heavy atom. The lowest BCUT2D eigenvalue weighted by Crippen LogP contribution is -2.06. The molecule has 7 heteroatoms. The third-order valence-electron chi connectivity index (χ3n) is 2.72. The Morgan fingerprint density at radius 2 is 1.40 bits per heavy atom. The van der Waals surface area contributed by atoms with Gasteiger partial charge >= 0.3 is 0 Å². The summed E-state index contributed by atoms with van der Waals surface area (Å²) in [5.41, 5.74) is -2.14. The standard InChI is InChI=1S/C13H6Cl2F4O/c14-7-2-1-5(3-8(7)15)9-12(18)10(16)6(4-20)11(17)13(9)19/h1-3,20H,4H2. The fraction of sp³-hybridized carbons (Fsp3) is 0.0769. The molecule has 0 aliphatic carbocycles. The van der Waals surface area contributed by atoms with E-state index in [9.17, 15) is 17.6 Å². The predicted molar refractivity (Wildman–Crippen MR) is 67.7 cm³/mol. The largest absolute Gasteiger partial charge is 0.391 e. The van der Waals surface area contributed by atoms with Gasteiger partial charge in [0.05, 0.1) is 27.8 Å². The molecular formula is C13H6Cl2F4O. The summed E-state index contributed by atoms with van der Waals surface area (Å²) in [6, 6.07) is 3.50. The molecule has 0 spiro atoms. The summed E-state index contributed by atoms with van der Waals surface area (Å²) in [5, 5.41) is 8.85. The monoisotopic (exact) mass is 324 g/mol. The summed E-state index contributed by atoms with van der Waals surface area (Å²) < 4.78 is 54.8. The van der Waals surface area contributed by atoms with Crippen molar-refractivity contribution in [1.82, 2.24) is 0 Å². The van der Waals surface area contributed by atoms with Crippen molar-refractivity contribution in [2.24, 2.45) is 0 Å². The van der Waals surface area contributed by atoms with Gasteiger partial charge in [0.25, 0.3) is 0 Å². The molecule has 0 unspecified atom stereocenters. The van der Waals surface area contributed by atoms with Crippen LogP contribution < -0.4 is 0 Å². The van der Waals surface area contributed by atoms with E-state index in [0.29, 0.717) is 0 Å². The minimum atomic E-state index is -1.65. The van der Waals surface area contributed by atoms with Crippen molar-refractivity contribution < 1.29 is 22.7 Å². The Bertz CT molecular complexity index is 660. The fourth-order valence-electron chi connectivity index (χ4n) is 1.72. The first-order chi connectivity index (χ1) is 9.38. The molecule has 0 radical (unpaired) electrons. The lowest BCUT2D eigenvalue weighted by atomic mass is 10.0. The van der Waals surface area contributed by atoms with Gasteiger partial charge in [-0.1, -0.05) is 29.3 Å². The van der Waals surface area contributed by atoms with E-state index in [1.54, 1.807) is 0 Å². The van der Waals surface area contributed by atoms with E-state index >= 15 is 0 Å². The first-order valence-electron chi connectivity index (χ1n) is 5.29. The van der Waals surface area contributed by atoms with Crippen LogP contribution in [-0.2, 0) is 6.61 Å². The maximum absolute atomic E-state index is 13.8. The SMILES string of the molecule is OCc1c(F)c(F)c(-c2ccc(Cl)c(Cl)c2)c(F)c1F. The molecule has 0 saturated heterocycles. The van der Waals surface area contributed by atoms with Crippen LogP contribution in [0.2, 0.25) is 10.0 Å². The van der Waals surface area contributed by atoms with Gasteiger partial charge in [-0.15, -0.1) is 0 Å². The molecule has 0 aromatic heterocycles. The highest BCUT2D eigenvalue weighted by molar-refractivity contribution is 6.42. The first kappa shape index (κ1) is 15.1. The van der Waals surface area contributed by atoms with Crippen molar-refractivity contribution in [3.8, 4) is 11.1 Å². The zero-order chi connectivity index (χ0) is 15.0. The van der Waals surface area contributed by atoms with Crippen LogP contribution in [0.4, 0.5) is 17.6 Å². The maximum Gasteiger partial charge on any atom is 0.170 e. The molecule has 1 N–H and O–H groups in total. The molecule has 2 aromatic rings. The molecule has 0 fully saturated rings. The van der Waals surface area contributed by atoms with Gasteiger partial charge in [0.15, 0.2) is 23.3 Å². The summed E-state index contributed by atoms with van der Waals surface area (Å²) in [5.74, 6) is -6.50. The summed E-state index contributed by atoms with van der Waals surface area (Å²) in [6.07, 6.45) is 0. The number of halogens is 6. The second kappa shape index (κ2) is 5.60. The van der Waals surface area contributed by atoms with Crippen LogP contribution in [0.15, 0.2) is 18.2 Å². The van der Waals surface area contributed by atoms with E-state index in [0.717, 1.165) is 6.07 Å². The normalized spacial score (nSPS) is 10.9. The van der Waals surface area contributed by atoms with Crippen molar-refractivity contribution in [3.63, 3.8) is 0 Å². The maximum atomic E-state index is 13.8. The first-order valence-corrected chi connectivity index (χ1v) is 6.05. The Labute approximate surface area is 121 Å². The summed E-state index contributed by atoms with van der Waals surface area (Å²) in [4.78, 5) is 0. The summed E-state index contributed by atoms with van der Waals surface area (Å²) in [7, 11) is 0. The van der Waals surface area contributed by atoms with E-state index in [1.807, 2.05) is 0 Å². The Hall–Kier alpha value is -1.30. The third kappa shape index (κ3) is 2.37. The van der Waals surface area contributed by atoms with Crippen molar-refractivity contribution in [3.05, 3.63) is 57.1 Å². The highest BCUT2D eigenvalue weighted by Crippen LogP contribution is 2.35. The molecule has 2 rings (SSSR count). The molecule has 0 aliphatic heterocycles. The van der Waals surface area contributed by atoms with E-state index in [-0.39, 0.29) is 15.6 Å². The van der Waals surface area contributed by atoms with Crippen molar-refractivity contribution in [2.45, 2.75) is 6.61 Å². The lowest BCUT2D eigenvalue weighted by Gasteiger charge is -2.11. The van der Waals surface area contributed by atoms with Gasteiger partial charge in [0.2, 0.25) is 0 Å². The third-order valence-corrected chi connectivity index (χ3v) is 3.46. The van der Waals surface area contributed by atoms with E-state index in [1.165, 1.54) is 12.1 Å². The van der Waals surface area contributed by atoms with Gasteiger partial charge in [-0.05, 0) is 17.7 Å². The average molecular weight is 325 g/mol. The lowest BCUT2D eigenvalue weighted by molar-refractivity contribution is 0.263. The van der Waals surface area contributed by atoms with E-state index in [4.69, 9.17) is 28.3 Å². The van der Waals surface area contributed by atoms with Crippen molar-refractivity contribution >= 4 is 23.2 Å². The molecule has 0 heterocycles. The van der Waals surface area contributed by atoms with Crippen LogP contribution in [0.1, 0.15) is 5.56 Å². The highest BCUT2D eigenvalue weighted by atomic mass is 35.5. The molecule has 20 heavy (non-hydrogen) atoms. The van der Waals surface area contributed by atoms with Crippen molar-refractivity contribution in [2.75, 3.05) is 0 Å². The summed E-state index contributed by atoms with van der Waals surface area (Å²) >= 11 is 11.4. The highest BCUT2D eigenvalue weighted by Gasteiger charge is 2.25. The van der Waals surface area contributed by atoms with Gasteiger partial charge in [-0.25, -0.2) is 17.6 Å². The van der Waals surface area contributed by atoms with E-state index in [2.05, 4.69) is 0 Å². The van der Waals surface area contributed by atoms with Crippen LogP contribution in [0, 0.1) is 23.3 Å². The van der Waals surface area contributed by atoms with Crippen LogP contribution in [0.5, 0.6) is 0 Å². The van der Waals surface area contributed by atoms with Crippen LogP contribution >= 0.6 is 23.2 Å². The predicted octanol–water partition coefficient (Wildman–Crippen LogP) is 4.71. The average Bonchev–Trinajstić information content (AvgIpc) is 2.41. The van der Waals surface area contributed by atoms with Crippen LogP contribution in [-0.4, -0.2) is 5.11 Å². The minimum Gasteiger partial charge on any atom is -0.391 e. The molecule has 1 nitrogen and oxygen atoms in total. The molecule has 0 amide bonds. The Balaban J connectivity index is 2.77. The van der Waals surface area contributed by atoms with E-state index < -0.39 is 41.0 Å². The number of aliphatic hydroxyl groups excluding tert-OH is 1. The van der Waals surface area contributed by atoms with Gasteiger partial charge in [0.1, 0.15) is 0 Å². The number of aliphatic hydroxyl groups is 1. The number of rotatable bonds is 2. The van der Waals surface area contributed by atoms with Gasteiger partial charge < -0.3 is 5.11 Å². The molecular weight excluding hydrogens is 319 g/mol. The zero-order valence-electron chi connectivity index (χ0n) is 9.65. The molecule has 106 valence electrons. The smallest absolute Gasteiger partial charge is 0.170 e. The summed E-state index contributed by atoms with van der Waals surface area (Å²) in [6.45, 7) is -1.16. The molecule has 0 aliphatic rings. The van der Waals surface area contributed by atoms with Crippen LogP contribution in [0.3, 0.4) is 0 Å². The number of hydrogen-bond donors (Lipinski definition) is 1. The Kier molecular flexibility index (Phi) is 4.22. The van der Waals surface area contributed by atoms with Gasteiger partial charge in [-0.2, -0.15) is 0 Å². The quantitative estimate of drug-likeness (QED) is 0.626. The molecule has 0 saturated carbocycles. The van der Waals surface area contributed by atoms with Gasteiger partial charge in [0, 0.05) is 0 Å². The molecule has 0 atom stereocenters. The number of benzene rings is 2. The van der Waals surface area contributed by atoms with Crippen LogP contribution in [0.25, 0.3) is 11.1 Å². The molecule has 2 aromatic carbocycles. The minimum absolute atomic E-state index is 0.0185. The second-order valence-corrected chi connectivity index (χ2v) is 4.71. The second-order valence-electron chi connectivity index (χ2n) is 3.90.